The van der Waals surface area contributed by atoms with E-state index in [-0.39, 0.29) is 5.56 Å². The molecule has 0 saturated carbocycles. The standard InChI is InChI=1S/C8H8N2OS/c1-3-4-10-6(2)5-7(11)9-8(10)12/h1,5H,4H2,2H3,(H,9,11,12). The Hall–Kier alpha value is -1.34. The van der Waals surface area contributed by atoms with Crippen molar-refractivity contribution in [2.24, 2.45) is 0 Å². The van der Waals surface area contributed by atoms with Crippen LogP contribution in [0.1, 0.15) is 5.69 Å². The molecule has 1 rings (SSSR count). The molecule has 1 N–H and O–H groups in total. The Kier molecular flexibility index (Phi) is 2.46. The maximum Gasteiger partial charge on any atom is 0.251 e. The number of hydrogen-bond acceptors (Lipinski definition) is 2. The zero-order chi connectivity index (χ0) is 9.14. The molecule has 4 heteroatoms. The number of aromatic nitrogens is 2. The van der Waals surface area contributed by atoms with Crippen molar-refractivity contribution in [3.63, 3.8) is 0 Å². The van der Waals surface area contributed by atoms with Crippen molar-refractivity contribution in [2.45, 2.75) is 13.5 Å². The molecule has 62 valence electrons. The summed E-state index contributed by atoms with van der Waals surface area (Å²) in [6, 6.07) is 1.47. The van der Waals surface area contributed by atoms with E-state index < -0.39 is 0 Å². The van der Waals surface area contributed by atoms with Gasteiger partial charge >= 0.3 is 0 Å². The van der Waals surface area contributed by atoms with Crippen molar-refractivity contribution >= 4 is 12.2 Å². The lowest BCUT2D eigenvalue weighted by atomic mass is 10.4. The summed E-state index contributed by atoms with van der Waals surface area (Å²) >= 11 is 4.90. The summed E-state index contributed by atoms with van der Waals surface area (Å²) in [7, 11) is 0. The zero-order valence-corrected chi connectivity index (χ0v) is 7.44. The first-order valence-corrected chi connectivity index (χ1v) is 3.80. The van der Waals surface area contributed by atoms with Crippen LogP contribution in [0.25, 0.3) is 0 Å². The van der Waals surface area contributed by atoms with Crippen molar-refractivity contribution in [3.05, 3.63) is 26.9 Å². The second-order valence-corrected chi connectivity index (χ2v) is 2.76. The Morgan fingerprint density at radius 2 is 2.50 bits per heavy atom. The number of rotatable bonds is 1. The van der Waals surface area contributed by atoms with E-state index in [1.165, 1.54) is 6.07 Å². The third-order valence-electron chi connectivity index (χ3n) is 1.49. The topological polar surface area (TPSA) is 37.8 Å². The second kappa shape index (κ2) is 3.37. The van der Waals surface area contributed by atoms with Gasteiger partial charge in [0.1, 0.15) is 0 Å². The summed E-state index contributed by atoms with van der Waals surface area (Å²) in [5.74, 6) is 2.46. The third kappa shape index (κ3) is 1.63. The van der Waals surface area contributed by atoms with E-state index in [9.17, 15) is 4.79 Å². The number of aromatic amines is 1. The Morgan fingerprint density at radius 3 is 3.00 bits per heavy atom. The number of terminal acetylenes is 1. The van der Waals surface area contributed by atoms with Crippen LogP contribution >= 0.6 is 12.2 Å². The van der Waals surface area contributed by atoms with Gasteiger partial charge in [0.25, 0.3) is 5.56 Å². The highest BCUT2D eigenvalue weighted by Crippen LogP contribution is 1.93. The summed E-state index contributed by atoms with van der Waals surface area (Å²) in [5, 5.41) is 0. The van der Waals surface area contributed by atoms with E-state index in [1.807, 2.05) is 0 Å². The van der Waals surface area contributed by atoms with E-state index in [2.05, 4.69) is 10.9 Å². The van der Waals surface area contributed by atoms with E-state index in [0.29, 0.717) is 11.3 Å². The van der Waals surface area contributed by atoms with Gasteiger partial charge in [0, 0.05) is 11.8 Å². The van der Waals surface area contributed by atoms with E-state index >= 15 is 0 Å². The fourth-order valence-electron chi connectivity index (χ4n) is 0.925. The summed E-state index contributed by atoms with van der Waals surface area (Å²) in [5.41, 5.74) is 0.590. The van der Waals surface area contributed by atoms with Crippen molar-refractivity contribution in [1.82, 2.24) is 9.55 Å². The molecule has 0 atom stereocenters. The molecule has 0 aromatic carbocycles. The predicted molar refractivity (Wildman–Crippen MR) is 49.5 cm³/mol. The van der Waals surface area contributed by atoms with Gasteiger partial charge in [0.2, 0.25) is 0 Å². The molecule has 0 amide bonds. The minimum atomic E-state index is -0.189. The maximum absolute atomic E-state index is 10.9. The van der Waals surface area contributed by atoms with Crippen molar-refractivity contribution in [1.29, 1.82) is 0 Å². The lowest BCUT2D eigenvalue weighted by Gasteiger charge is -2.04. The zero-order valence-electron chi connectivity index (χ0n) is 6.63. The van der Waals surface area contributed by atoms with E-state index in [4.69, 9.17) is 18.6 Å². The molecule has 0 aliphatic rings. The van der Waals surface area contributed by atoms with Gasteiger partial charge in [-0.05, 0) is 19.1 Å². The van der Waals surface area contributed by atoms with Crippen LogP contribution in [0.2, 0.25) is 0 Å². The Bertz CT molecular complexity index is 436. The maximum atomic E-state index is 10.9. The summed E-state index contributed by atoms with van der Waals surface area (Å²) in [4.78, 5) is 13.4. The Labute approximate surface area is 75.1 Å². The molecule has 0 saturated heterocycles. The van der Waals surface area contributed by atoms with Gasteiger partial charge in [0.15, 0.2) is 4.77 Å². The highest BCUT2D eigenvalue weighted by Gasteiger charge is 1.95. The van der Waals surface area contributed by atoms with Crippen LogP contribution < -0.4 is 5.56 Å². The smallest absolute Gasteiger partial charge is 0.251 e. The molecule has 0 radical (unpaired) electrons. The lowest BCUT2D eigenvalue weighted by Crippen LogP contribution is -2.14. The third-order valence-corrected chi connectivity index (χ3v) is 1.81. The Morgan fingerprint density at radius 1 is 1.83 bits per heavy atom. The number of nitrogens with one attached hydrogen (secondary N) is 1. The predicted octanol–water partition coefficient (Wildman–Crippen LogP) is 0.848. The molecule has 0 aliphatic heterocycles. The molecule has 0 aliphatic carbocycles. The fourth-order valence-corrected chi connectivity index (χ4v) is 1.23. The van der Waals surface area contributed by atoms with Gasteiger partial charge in [-0.15, -0.1) is 6.42 Å². The van der Waals surface area contributed by atoms with Gasteiger partial charge < -0.3 is 4.57 Å². The van der Waals surface area contributed by atoms with Gasteiger partial charge in [0.05, 0.1) is 6.54 Å². The fraction of sp³-hybridized carbons (Fsp3) is 0.250. The average Bonchev–Trinajstić information content (AvgIpc) is 1.96. The van der Waals surface area contributed by atoms with E-state index in [0.717, 1.165) is 5.69 Å². The number of nitrogens with zero attached hydrogens (tertiary/aromatic N) is 1. The highest BCUT2D eigenvalue weighted by atomic mass is 32.1. The Balaban J connectivity index is 3.41. The van der Waals surface area contributed by atoms with Gasteiger partial charge in [-0.3, -0.25) is 9.78 Å². The first-order chi connectivity index (χ1) is 5.65. The van der Waals surface area contributed by atoms with Crippen LogP contribution in [-0.4, -0.2) is 9.55 Å². The number of H-pyrrole nitrogens is 1. The number of aryl methyl sites for hydroxylation is 1. The van der Waals surface area contributed by atoms with Gasteiger partial charge in [-0.2, -0.15) is 0 Å². The average molecular weight is 180 g/mol. The molecule has 0 spiro atoms. The van der Waals surface area contributed by atoms with Crippen LogP contribution in [0.15, 0.2) is 10.9 Å². The van der Waals surface area contributed by atoms with Crippen LogP contribution in [0, 0.1) is 24.0 Å². The molecule has 3 nitrogen and oxygen atoms in total. The molecule has 12 heavy (non-hydrogen) atoms. The SMILES string of the molecule is C#CCn1c(C)cc(=O)[nH]c1=S. The second-order valence-electron chi connectivity index (χ2n) is 2.37. The van der Waals surface area contributed by atoms with E-state index in [1.54, 1.807) is 11.5 Å². The monoisotopic (exact) mass is 180 g/mol. The molecule has 0 bridgehead atoms. The lowest BCUT2D eigenvalue weighted by molar-refractivity contribution is 0.745. The quantitative estimate of drug-likeness (QED) is 0.514. The molecule has 1 heterocycles. The molecule has 1 aromatic heterocycles. The largest absolute Gasteiger partial charge is 0.311 e. The minimum absolute atomic E-state index is 0.189. The molecule has 0 unspecified atom stereocenters. The minimum Gasteiger partial charge on any atom is -0.311 e. The molecular weight excluding hydrogens is 172 g/mol. The normalized spacial score (nSPS) is 9.33. The first kappa shape index (κ1) is 8.75. The first-order valence-electron chi connectivity index (χ1n) is 3.39. The van der Waals surface area contributed by atoms with Crippen molar-refractivity contribution in [2.75, 3.05) is 0 Å². The van der Waals surface area contributed by atoms with Crippen LogP contribution in [-0.2, 0) is 6.54 Å². The number of hydrogen-bond donors (Lipinski definition) is 1. The van der Waals surface area contributed by atoms with Crippen molar-refractivity contribution in [3.8, 4) is 12.3 Å². The van der Waals surface area contributed by atoms with Crippen LogP contribution in [0.4, 0.5) is 0 Å². The summed E-state index contributed by atoms with van der Waals surface area (Å²) in [6.45, 7) is 2.18. The molecule has 0 fully saturated rings. The summed E-state index contributed by atoms with van der Waals surface area (Å²) < 4.78 is 2.06. The van der Waals surface area contributed by atoms with Crippen molar-refractivity contribution < 1.29 is 0 Å². The highest BCUT2D eigenvalue weighted by molar-refractivity contribution is 7.71. The van der Waals surface area contributed by atoms with Gasteiger partial charge in [-0.25, -0.2) is 0 Å². The van der Waals surface area contributed by atoms with Crippen LogP contribution in [0.5, 0.6) is 0 Å². The van der Waals surface area contributed by atoms with Gasteiger partial charge in [-0.1, -0.05) is 5.92 Å². The van der Waals surface area contributed by atoms with Crippen LogP contribution in [0.3, 0.4) is 0 Å². The molecule has 1 aromatic rings. The molecular formula is C8H8N2OS. The summed E-state index contributed by atoms with van der Waals surface area (Å²) in [6.07, 6.45) is 5.13.